The Morgan fingerprint density at radius 3 is 2.23 bits per heavy atom. The van der Waals surface area contributed by atoms with Gasteiger partial charge in [-0.1, -0.05) is 53.2 Å². The number of rotatable bonds is 2. The molecule has 5 aliphatic carbocycles. The molecule has 4 saturated carbocycles. The second kappa shape index (κ2) is 7.53. The molecule has 0 radical (unpaired) electrons. The molecule has 0 spiro atoms. The maximum absolute atomic E-state index is 13.2. The van der Waals surface area contributed by atoms with Crippen molar-refractivity contribution >= 4 is 12.1 Å². The Kier molecular flexibility index (Phi) is 5.51. The van der Waals surface area contributed by atoms with Crippen LogP contribution in [-0.4, -0.2) is 34.5 Å². The maximum atomic E-state index is 13.2. The van der Waals surface area contributed by atoms with E-state index < -0.39 is 23.0 Å². The van der Waals surface area contributed by atoms with Gasteiger partial charge in [0.05, 0.1) is 23.0 Å². The van der Waals surface area contributed by atoms with Crippen molar-refractivity contribution in [3.63, 3.8) is 0 Å². The maximum Gasteiger partial charge on any atom is 0.139 e. The van der Waals surface area contributed by atoms with Gasteiger partial charge in [0.2, 0.25) is 0 Å². The van der Waals surface area contributed by atoms with Crippen LogP contribution in [0.15, 0.2) is 11.6 Å². The summed E-state index contributed by atoms with van der Waals surface area (Å²) in [6.07, 6.45) is 10.2. The molecule has 5 rings (SSSR count). The van der Waals surface area contributed by atoms with Gasteiger partial charge in [-0.3, -0.25) is 4.79 Å². The highest BCUT2D eigenvalue weighted by Gasteiger charge is 2.70. The Balaban J connectivity index is 1.63. The molecule has 10 atom stereocenters. The molecular formula is C31H48O4. The van der Waals surface area contributed by atoms with Crippen molar-refractivity contribution in [1.29, 1.82) is 0 Å². The number of carbonyl (C=O) groups excluding carboxylic acids is 2. The van der Waals surface area contributed by atoms with Crippen LogP contribution in [0.25, 0.3) is 0 Å². The number of fused-ring (bicyclic) bond motifs is 7. The molecule has 0 aromatic carbocycles. The second-order valence-electron chi connectivity index (χ2n) is 15.1. The number of aliphatic hydroxyl groups is 2. The van der Waals surface area contributed by atoms with Crippen molar-refractivity contribution in [2.24, 2.45) is 50.2 Å². The molecule has 0 amide bonds. The first-order valence-electron chi connectivity index (χ1n) is 14.2. The molecule has 4 nitrogen and oxygen atoms in total. The van der Waals surface area contributed by atoms with E-state index in [4.69, 9.17) is 0 Å². The van der Waals surface area contributed by atoms with Crippen molar-refractivity contribution in [1.82, 2.24) is 0 Å². The molecule has 4 unspecified atom stereocenters. The monoisotopic (exact) mass is 484 g/mol. The summed E-state index contributed by atoms with van der Waals surface area (Å²) in [5.74, 6) is 0.836. The summed E-state index contributed by atoms with van der Waals surface area (Å²) in [7, 11) is 0. The average Bonchev–Trinajstić information content (AvgIpc) is 2.76. The van der Waals surface area contributed by atoms with E-state index in [0.717, 1.165) is 51.2 Å². The molecule has 0 aliphatic heterocycles. The lowest BCUT2D eigenvalue weighted by molar-refractivity contribution is -0.213. The fraction of sp³-hybridized carbons (Fsp3) is 0.871. The first kappa shape index (κ1) is 25.6. The van der Waals surface area contributed by atoms with E-state index >= 15 is 0 Å². The van der Waals surface area contributed by atoms with Gasteiger partial charge >= 0.3 is 0 Å². The lowest BCUT2D eigenvalue weighted by atomic mass is 9.33. The predicted octanol–water partition coefficient (Wildman–Crippen LogP) is 5.89. The van der Waals surface area contributed by atoms with Crippen LogP contribution in [0.5, 0.6) is 0 Å². The average molecular weight is 485 g/mol. The standard InChI is InChI=1S/C31H48O4/c1-19(33)31-15-14-26(2,3)16-21(31)20-8-9-23-27(4)12-11-24(34)28(5,18-32)22(27)10-13-29(23,6)30(20,7)17-25(31)35/h8,18,21-25,34-35H,9-17H2,1-7H3/t21?,22-,23?,24+,25?,27?,28-,29+,30-,31-/m1/s1. The summed E-state index contributed by atoms with van der Waals surface area (Å²) in [5, 5.41) is 22.7. The molecule has 2 N–H and O–H groups in total. The topological polar surface area (TPSA) is 74.6 Å². The number of Topliss-reactive ketones (excluding diaryl/α,β-unsaturated/α-hetero) is 1. The van der Waals surface area contributed by atoms with Crippen molar-refractivity contribution in [2.45, 2.75) is 118 Å². The van der Waals surface area contributed by atoms with E-state index in [2.05, 4.69) is 40.7 Å². The molecular weight excluding hydrogens is 436 g/mol. The second-order valence-corrected chi connectivity index (χ2v) is 15.1. The molecule has 0 heterocycles. The van der Waals surface area contributed by atoms with Gasteiger partial charge in [0, 0.05) is 0 Å². The molecule has 5 aliphatic rings. The first-order chi connectivity index (χ1) is 16.1. The number of hydrogen-bond donors (Lipinski definition) is 2. The minimum absolute atomic E-state index is 0.0139. The van der Waals surface area contributed by atoms with Crippen LogP contribution in [-0.2, 0) is 9.59 Å². The van der Waals surface area contributed by atoms with Gasteiger partial charge in [-0.05, 0) is 104 Å². The van der Waals surface area contributed by atoms with E-state index in [-0.39, 0.29) is 39.3 Å². The van der Waals surface area contributed by atoms with Gasteiger partial charge in [0.15, 0.2) is 0 Å². The Bertz CT molecular complexity index is 967. The zero-order valence-electron chi connectivity index (χ0n) is 23.1. The van der Waals surface area contributed by atoms with Crippen LogP contribution in [0.4, 0.5) is 0 Å². The van der Waals surface area contributed by atoms with Gasteiger partial charge in [0.25, 0.3) is 0 Å². The summed E-state index contributed by atoms with van der Waals surface area (Å²) >= 11 is 0. The Morgan fingerprint density at radius 2 is 1.60 bits per heavy atom. The third kappa shape index (κ3) is 2.99. The lowest BCUT2D eigenvalue weighted by Gasteiger charge is -2.71. The van der Waals surface area contributed by atoms with E-state index in [0.29, 0.717) is 18.8 Å². The smallest absolute Gasteiger partial charge is 0.139 e. The largest absolute Gasteiger partial charge is 0.392 e. The van der Waals surface area contributed by atoms with Gasteiger partial charge in [-0.2, -0.15) is 0 Å². The molecule has 0 aromatic heterocycles. The number of hydrogen-bond acceptors (Lipinski definition) is 4. The molecule has 196 valence electrons. The lowest BCUT2D eigenvalue weighted by Crippen LogP contribution is -2.67. The fourth-order valence-electron chi connectivity index (χ4n) is 10.9. The van der Waals surface area contributed by atoms with Crippen LogP contribution in [0, 0.1) is 50.2 Å². The van der Waals surface area contributed by atoms with Crippen LogP contribution in [0.1, 0.15) is 106 Å². The highest BCUT2D eigenvalue weighted by atomic mass is 16.3. The molecule has 0 saturated heterocycles. The van der Waals surface area contributed by atoms with E-state index in [9.17, 15) is 19.8 Å². The van der Waals surface area contributed by atoms with Crippen molar-refractivity contribution < 1.29 is 19.8 Å². The third-order valence-corrected chi connectivity index (χ3v) is 13.3. The summed E-state index contributed by atoms with van der Waals surface area (Å²) in [6, 6.07) is 0. The van der Waals surface area contributed by atoms with Gasteiger partial charge in [0.1, 0.15) is 12.1 Å². The SMILES string of the molecule is CC(=O)[C@]12CCC(C)(C)CC1C1=CCC3C4(C)CC[C@H](O)[C@](C)(C=O)[C@@H]4CC[C@]3(C)[C@]1(C)CC2O. The van der Waals surface area contributed by atoms with E-state index in [1.165, 1.54) is 5.57 Å². The van der Waals surface area contributed by atoms with Gasteiger partial charge in [-0.25, -0.2) is 0 Å². The van der Waals surface area contributed by atoms with Gasteiger partial charge in [-0.15, -0.1) is 0 Å². The van der Waals surface area contributed by atoms with Gasteiger partial charge < -0.3 is 15.0 Å². The quantitative estimate of drug-likeness (QED) is 0.379. The number of aldehydes is 1. The first-order valence-corrected chi connectivity index (χ1v) is 14.2. The van der Waals surface area contributed by atoms with Crippen LogP contribution < -0.4 is 0 Å². The van der Waals surface area contributed by atoms with Crippen LogP contribution in [0.2, 0.25) is 0 Å². The number of carbonyl (C=O) groups is 2. The number of ketones is 1. The van der Waals surface area contributed by atoms with Crippen molar-refractivity contribution in [3.05, 3.63) is 11.6 Å². The molecule has 4 heteroatoms. The Hall–Kier alpha value is -1.00. The van der Waals surface area contributed by atoms with Crippen LogP contribution in [0.3, 0.4) is 0 Å². The zero-order chi connectivity index (χ0) is 25.8. The van der Waals surface area contributed by atoms with Crippen molar-refractivity contribution in [2.75, 3.05) is 0 Å². The zero-order valence-corrected chi connectivity index (χ0v) is 23.1. The summed E-state index contributed by atoms with van der Waals surface area (Å²) in [4.78, 5) is 25.6. The summed E-state index contributed by atoms with van der Waals surface area (Å²) in [6.45, 7) is 15.6. The summed E-state index contributed by atoms with van der Waals surface area (Å²) < 4.78 is 0. The number of aliphatic hydroxyl groups excluding tert-OH is 2. The highest BCUT2D eigenvalue weighted by molar-refractivity contribution is 5.84. The fourth-order valence-corrected chi connectivity index (χ4v) is 10.9. The molecule has 0 bridgehead atoms. The molecule has 0 aromatic rings. The predicted molar refractivity (Wildman–Crippen MR) is 138 cm³/mol. The number of allylic oxidation sites excluding steroid dienone is 2. The Labute approximate surface area is 212 Å². The highest BCUT2D eigenvalue weighted by Crippen LogP contribution is 2.75. The van der Waals surface area contributed by atoms with Crippen LogP contribution >= 0.6 is 0 Å². The minimum atomic E-state index is -0.692. The van der Waals surface area contributed by atoms with Crippen molar-refractivity contribution in [3.8, 4) is 0 Å². The molecule has 35 heavy (non-hydrogen) atoms. The minimum Gasteiger partial charge on any atom is -0.392 e. The third-order valence-electron chi connectivity index (χ3n) is 13.3. The van der Waals surface area contributed by atoms with E-state index in [1.807, 2.05) is 6.92 Å². The molecule has 4 fully saturated rings. The summed E-state index contributed by atoms with van der Waals surface area (Å²) in [5.41, 5.74) is 0.0566. The Morgan fingerprint density at radius 1 is 0.914 bits per heavy atom. The van der Waals surface area contributed by atoms with E-state index in [1.54, 1.807) is 6.92 Å². The normalized spacial score (nSPS) is 54.9.